The minimum atomic E-state index is -0.0196. The molecule has 0 atom stereocenters. The van der Waals surface area contributed by atoms with Crippen molar-refractivity contribution in [3.63, 3.8) is 0 Å². The van der Waals surface area contributed by atoms with Crippen LogP contribution in [-0.4, -0.2) is 54.8 Å². The first kappa shape index (κ1) is 13.8. The summed E-state index contributed by atoms with van der Waals surface area (Å²) in [6, 6.07) is 0. The molecule has 7 nitrogen and oxygen atoms in total. The molecule has 2 N–H and O–H groups in total. The Kier molecular flexibility index (Phi) is 4.04. The third-order valence-electron chi connectivity index (χ3n) is 3.26. The number of ether oxygens (including phenoxy) is 1. The minimum Gasteiger partial charge on any atom is -0.381 e. The van der Waals surface area contributed by atoms with E-state index in [1.807, 2.05) is 19.0 Å². The molecule has 1 saturated heterocycles. The summed E-state index contributed by atoms with van der Waals surface area (Å²) < 4.78 is 5.40. The molecule has 1 aliphatic rings. The number of nitrogens with zero attached hydrogens (tertiary/aromatic N) is 4. The van der Waals surface area contributed by atoms with Crippen LogP contribution >= 0.6 is 0 Å². The lowest BCUT2D eigenvalue weighted by Crippen LogP contribution is -2.41. The van der Waals surface area contributed by atoms with Gasteiger partial charge in [-0.05, 0) is 19.8 Å². The van der Waals surface area contributed by atoms with Crippen molar-refractivity contribution in [2.75, 3.05) is 49.9 Å². The molecular weight excluding hydrogens is 244 g/mol. The van der Waals surface area contributed by atoms with Crippen molar-refractivity contribution in [2.24, 2.45) is 0 Å². The standard InChI is InChI=1S/C12H22N6O/c1-12(5-7-19-8-6-12)17-10-14-9(13-2)15-11(16-10)18(3)4/h5-8H2,1-4H3,(H2,13,14,15,16,17). The summed E-state index contributed by atoms with van der Waals surface area (Å²) in [7, 11) is 5.62. The second-order valence-electron chi connectivity index (χ2n) is 5.23. The molecule has 1 fully saturated rings. The Labute approximate surface area is 113 Å². The normalized spacial score (nSPS) is 17.9. The zero-order valence-corrected chi connectivity index (χ0v) is 12.0. The second-order valence-corrected chi connectivity index (χ2v) is 5.23. The molecule has 0 unspecified atom stereocenters. The maximum absolute atomic E-state index is 5.40. The predicted octanol–water partition coefficient (Wildman–Crippen LogP) is 0.960. The van der Waals surface area contributed by atoms with Crippen LogP contribution in [0.25, 0.3) is 0 Å². The van der Waals surface area contributed by atoms with Crippen LogP contribution in [0, 0.1) is 0 Å². The van der Waals surface area contributed by atoms with Crippen molar-refractivity contribution in [1.82, 2.24) is 15.0 Å². The molecule has 1 aromatic rings. The summed E-state index contributed by atoms with van der Waals surface area (Å²) in [5, 5.41) is 6.38. The molecule has 0 radical (unpaired) electrons. The van der Waals surface area contributed by atoms with Gasteiger partial charge in [-0.2, -0.15) is 15.0 Å². The number of aromatic nitrogens is 3. The van der Waals surface area contributed by atoms with Gasteiger partial charge < -0.3 is 20.3 Å². The average molecular weight is 266 g/mol. The molecule has 2 rings (SSSR count). The van der Waals surface area contributed by atoms with Crippen LogP contribution in [0.1, 0.15) is 19.8 Å². The van der Waals surface area contributed by atoms with Crippen LogP contribution in [0.3, 0.4) is 0 Å². The highest BCUT2D eigenvalue weighted by atomic mass is 16.5. The van der Waals surface area contributed by atoms with Crippen molar-refractivity contribution in [2.45, 2.75) is 25.3 Å². The van der Waals surface area contributed by atoms with Gasteiger partial charge in [-0.3, -0.25) is 0 Å². The lowest BCUT2D eigenvalue weighted by atomic mass is 9.93. The predicted molar refractivity (Wildman–Crippen MR) is 75.8 cm³/mol. The van der Waals surface area contributed by atoms with Crippen LogP contribution in [0.15, 0.2) is 0 Å². The van der Waals surface area contributed by atoms with E-state index in [2.05, 4.69) is 32.5 Å². The van der Waals surface area contributed by atoms with Gasteiger partial charge in [0.25, 0.3) is 0 Å². The summed E-state index contributed by atoms with van der Waals surface area (Å²) in [5.74, 6) is 1.81. The number of rotatable bonds is 4. The third kappa shape index (κ3) is 3.44. The smallest absolute Gasteiger partial charge is 0.231 e. The molecule has 19 heavy (non-hydrogen) atoms. The molecule has 0 spiro atoms. The maximum Gasteiger partial charge on any atom is 0.231 e. The van der Waals surface area contributed by atoms with Gasteiger partial charge in [0.2, 0.25) is 17.8 Å². The van der Waals surface area contributed by atoms with E-state index < -0.39 is 0 Å². The fourth-order valence-corrected chi connectivity index (χ4v) is 1.95. The van der Waals surface area contributed by atoms with Gasteiger partial charge in [-0.1, -0.05) is 0 Å². The first-order chi connectivity index (χ1) is 9.02. The Hall–Kier alpha value is -1.63. The second kappa shape index (κ2) is 5.56. The molecule has 106 valence electrons. The monoisotopic (exact) mass is 266 g/mol. The first-order valence-corrected chi connectivity index (χ1v) is 6.49. The van der Waals surface area contributed by atoms with Gasteiger partial charge in [-0.25, -0.2) is 0 Å². The Bertz CT molecular complexity index is 430. The van der Waals surface area contributed by atoms with E-state index in [-0.39, 0.29) is 5.54 Å². The van der Waals surface area contributed by atoms with E-state index in [9.17, 15) is 0 Å². The summed E-state index contributed by atoms with van der Waals surface area (Å²) in [5.41, 5.74) is -0.0196. The summed E-state index contributed by atoms with van der Waals surface area (Å²) in [6.45, 7) is 3.72. The number of anilines is 3. The molecule has 0 amide bonds. The van der Waals surface area contributed by atoms with E-state index in [1.54, 1.807) is 7.05 Å². The average Bonchev–Trinajstić information content (AvgIpc) is 2.38. The number of nitrogens with one attached hydrogen (secondary N) is 2. The number of hydrogen-bond donors (Lipinski definition) is 2. The van der Waals surface area contributed by atoms with Gasteiger partial charge in [0, 0.05) is 39.9 Å². The van der Waals surface area contributed by atoms with Gasteiger partial charge >= 0.3 is 0 Å². The highest BCUT2D eigenvalue weighted by molar-refractivity contribution is 5.43. The SMILES string of the molecule is CNc1nc(NC2(C)CCOCC2)nc(N(C)C)n1. The lowest BCUT2D eigenvalue weighted by molar-refractivity contribution is 0.0656. The summed E-state index contributed by atoms with van der Waals surface area (Å²) in [6.07, 6.45) is 1.90. The lowest BCUT2D eigenvalue weighted by Gasteiger charge is -2.34. The van der Waals surface area contributed by atoms with Crippen LogP contribution < -0.4 is 15.5 Å². The van der Waals surface area contributed by atoms with Crippen LogP contribution in [0.2, 0.25) is 0 Å². The molecule has 7 heteroatoms. The van der Waals surface area contributed by atoms with E-state index in [0.717, 1.165) is 26.1 Å². The van der Waals surface area contributed by atoms with Gasteiger partial charge in [0.1, 0.15) is 0 Å². The fraction of sp³-hybridized carbons (Fsp3) is 0.750. The van der Waals surface area contributed by atoms with Gasteiger partial charge in [0.05, 0.1) is 0 Å². The maximum atomic E-state index is 5.40. The molecule has 0 saturated carbocycles. The largest absolute Gasteiger partial charge is 0.381 e. The van der Waals surface area contributed by atoms with Crippen molar-refractivity contribution in [3.8, 4) is 0 Å². The molecule has 1 aliphatic heterocycles. The summed E-state index contributed by atoms with van der Waals surface area (Å²) in [4.78, 5) is 14.9. The molecule has 0 aromatic carbocycles. The summed E-state index contributed by atoms with van der Waals surface area (Å²) >= 11 is 0. The Morgan fingerprint density at radius 2 is 1.74 bits per heavy atom. The topological polar surface area (TPSA) is 75.2 Å². The Morgan fingerprint density at radius 1 is 1.11 bits per heavy atom. The first-order valence-electron chi connectivity index (χ1n) is 6.49. The third-order valence-corrected chi connectivity index (χ3v) is 3.26. The molecule has 0 bridgehead atoms. The molecule has 2 heterocycles. The quantitative estimate of drug-likeness (QED) is 0.840. The van der Waals surface area contributed by atoms with Crippen LogP contribution in [0.5, 0.6) is 0 Å². The van der Waals surface area contributed by atoms with E-state index in [4.69, 9.17) is 4.74 Å². The molecular formula is C12H22N6O. The molecule has 1 aromatic heterocycles. The van der Waals surface area contributed by atoms with Crippen molar-refractivity contribution >= 4 is 17.8 Å². The van der Waals surface area contributed by atoms with Crippen molar-refractivity contribution in [1.29, 1.82) is 0 Å². The van der Waals surface area contributed by atoms with Crippen molar-refractivity contribution in [3.05, 3.63) is 0 Å². The van der Waals surface area contributed by atoms with E-state index in [1.165, 1.54) is 0 Å². The highest BCUT2D eigenvalue weighted by Gasteiger charge is 2.28. The van der Waals surface area contributed by atoms with Crippen molar-refractivity contribution < 1.29 is 4.74 Å². The van der Waals surface area contributed by atoms with E-state index >= 15 is 0 Å². The van der Waals surface area contributed by atoms with Crippen LogP contribution in [-0.2, 0) is 4.74 Å². The number of hydrogen-bond acceptors (Lipinski definition) is 7. The van der Waals surface area contributed by atoms with Gasteiger partial charge in [-0.15, -0.1) is 0 Å². The van der Waals surface area contributed by atoms with E-state index in [0.29, 0.717) is 17.8 Å². The minimum absolute atomic E-state index is 0.0196. The Balaban J connectivity index is 2.21. The fourth-order valence-electron chi connectivity index (χ4n) is 1.95. The zero-order chi connectivity index (χ0) is 13.9. The molecule has 0 aliphatic carbocycles. The zero-order valence-electron chi connectivity index (χ0n) is 12.0. The van der Waals surface area contributed by atoms with Gasteiger partial charge in [0.15, 0.2) is 0 Å². The Morgan fingerprint density at radius 3 is 2.32 bits per heavy atom. The highest BCUT2D eigenvalue weighted by Crippen LogP contribution is 2.24. The van der Waals surface area contributed by atoms with Crippen LogP contribution in [0.4, 0.5) is 17.8 Å².